The van der Waals surface area contributed by atoms with Crippen molar-refractivity contribution in [2.75, 3.05) is 0 Å². The first kappa shape index (κ1) is 12.4. The van der Waals surface area contributed by atoms with Crippen LogP contribution in [0.15, 0.2) is 48.5 Å². The van der Waals surface area contributed by atoms with Crippen LogP contribution in [0.25, 0.3) is 21.5 Å². The summed E-state index contributed by atoms with van der Waals surface area (Å²) >= 11 is 0. The number of rotatable bonds is 1. The quantitative estimate of drug-likeness (QED) is 0.528. The van der Waals surface area contributed by atoms with Crippen LogP contribution in [-0.4, -0.2) is 9.79 Å². The van der Waals surface area contributed by atoms with E-state index in [1.54, 1.807) is 13.0 Å². The van der Waals surface area contributed by atoms with E-state index in [1.165, 1.54) is 6.07 Å². The van der Waals surface area contributed by atoms with Crippen LogP contribution < -0.4 is 5.30 Å². The average molecular weight is 272 g/mol. The first-order valence-corrected chi connectivity index (χ1v) is 7.56. The predicted octanol–water partition coefficient (Wildman–Crippen LogP) is 3.10. The molecule has 0 spiro atoms. The van der Waals surface area contributed by atoms with Crippen LogP contribution in [0.2, 0.25) is 0 Å². The van der Waals surface area contributed by atoms with Crippen LogP contribution in [0.4, 0.5) is 0 Å². The van der Waals surface area contributed by atoms with Crippen molar-refractivity contribution in [2.24, 2.45) is 0 Å². The minimum absolute atomic E-state index is 0.107. The van der Waals surface area contributed by atoms with Crippen LogP contribution >= 0.6 is 7.60 Å². The summed E-state index contributed by atoms with van der Waals surface area (Å²) in [5, 5.41) is 4.18. The van der Waals surface area contributed by atoms with Crippen LogP contribution in [0, 0.1) is 6.92 Å². The smallest absolute Gasteiger partial charge is 0.321 e. The van der Waals surface area contributed by atoms with E-state index in [0.29, 0.717) is 5.56 Å². The topological polar surface area (TPSA) is 57.5 Å². The molecule has 0 saturated carbocycles. The fourth-order valence-electron chi connectivity index (χ4n) is 2.47. The van der Waals surface area contributed by atoms with E-state index in [9.17, 15) is 14.4 Å². The minimum atomic E-state index is -4.22. The maximum atomic E-state index is 11.5. The van der Waals surface area contributed by atoms with Gasteiger partial charge in [-0.25, -0.2) is 0 Å². The molecule has 3 aromatic rings. The number of hydrogen-bond acceptors (Lipinski definition) is 1. The van der Waals surface area contributed by atoms with Gasteiger partial charge in [0.2, 0.25) is 0 Å². The molecule has 0 aromatic heterocycles. The fourth-order valence-corrected chi connectivity index (χ4v) is 3.29. The van der Waals surface area contributed by atoms with Gasteiger partial charge in [0.05, 0.1) is 5.30 Å². The Morgan fingerprint density at radius 3 is 2.16 bits per heavy atom. The van der Waals surface area contributed by atoms with Crippen LogP contribution in [0.5, 0.6) is 0 Å². The monoisotopic (exact) mass is 272 g/mol. The Labute approximate surface area is 110 Å². The molecule has 96 valence electrons. The van der Waals surface area contributed by atoms with Crippen molar-refractivity contribution < 1.29 is 14.4 Å². The highest BCUT2D eigenvalue weighted by atomic mass is 31.2. The summed E-state index contributed by atoms with van der Waals surface area (Å²) < 4.78 is 11.5. The molecule has 0 fully saturated rings. The van der Waals surface area contributed by atoms with Crippen molar-refractivity contribution in [3.05, 3.63) is 54.1 Å². The fraction of sp³-hybridized carbons (Fsp3) is 0.0667. The normalized spacial score (nSPS) is 12.2. The van der Waals surface area contributed by atoms with Crippen LogP contribution in [-0.2, 0) is 4.57 Å². The third-order valence-electron chi connectivity index (χ3n) is 3.44. The van der Waals surface area contributed by atoms with Gasteiger partial charge in [0.1, 0.15) is 0 Å². The zero-order chi connectivity index (χ0) is 13.6. The Kier molecular flexibility index (Phi) is 2.72. The summed E-state index contributed by atoms with van der Waals surface area (Å²) in [5.41, 5.74) is 0.650. The molecule has 3 nitrogen and oxygen atoms in total. The van der Waals surface area contributed by atoms with Gasteiger partial charge in [-0.3, -0.25) is 4.57 Å². The Bertz CT molecular complexity index is 833. The second-order valence-electron chi connectivity index (χ2n) is 4.67. The highest BCUT2D eigenvalue weighted by Gasteiger charge is 2.20. The molecule has 2 N–H and O–H groups in total. The second kappa shape index (κ2) is 4.17. The molecular formula is C15H13O3P. The van der Waals surface area contributed by atoms with Crippen molar-refractivity contribution in [3.63, 3.8) is 0 Å². The van der Waals surface area contributed by atoms with Gasteiger partial charge in [-0.2, -0.15) is 0 Å². The summed E-state index contributed by atoms with van der Waals surface area (Å²) in [6.45, 7) is 1.76. The zero-order valence-corrected chi connectivity index (χ0v) is 11.3. The van der Waals surface area contributed by atoms with E-state index in [0.717, 1.165) is 21.5 Å². The first-order valence-electron chi connectivity index (χ1n) is 5.95. The number of hydrogen-bond donors (Lipinski definition) is 2. The molecular weight excluding hydrogens is 259 g/mol. The maximum Gasteiger partial charge on any atom is 0.356 e. The van der Waals surface area contributed by atoms with Crippen molar-refractivity contribution >= 4 is 34.4 Å². The maximum absolute atomic E-state index is 11.5. The van der Waals surface area contributed by atoms with E-state index >= 15 is 0 Å². The van der Waals surface area contributed by atoms with Crippen molar-refractivity contribution in [3.8, 4) is 0 Å². The lowest BCUT2D eigenvalue weighted by Crippen LogP contribution is -2.08. The Morgan fingerprint density at radius 2 is 1.53 bits per heavy atom. The third-order valence-corrected chi connectivity index (χ3v) is 4.55. The third kappa shape index (κ3) is 2.06. The molecule has 0 heterocycles. The van der Waals surface area contributed by atoms with E-state index in [2.05, 4.69) is 0 Å². The molecule has 0 aliphatic heterocycles. The van der Waals surface area contributed by atoms with Gasteiger partial charge in [-0.1, -0.05) is 30.3 Å². The number of benzene rings is 3. The standard InChI is InChI=1S/C15H13O3P/c1-10-14-9-12-5-3-2-4-11(12)8-13(14)6-7-15(10)19(16,17)18/h2-9H,1H3,(H2,16,17,18). The predicted molar refractivity (Wildman–Crippen MR) is 77.9 cm³/mol. The molecule has 3 rings (SSSR count). The molecule has 0 atom stereocenters. The molecule has 0 aliphatic carbocycles. The zero-order valence-electron chi connectivity index (χ0n) is 10.4. The second-order valence-corrected chi connectivity index (χ2v) is 6.24. The molecule has 0 saturated heterocycles. The largest absolute Gasteiger partial charge is 0.356 e. The molecule has 0 aliphatic rings. The SMILES string of the molecule is Cc1c(P(=O)(O)O)ccc2cc3ccccc3cc12. The molecule has 3 aromatic carbocycles. The lowest BCUT2D eigenvalue weighted by atomic mass is 10.0. The molecule has 0 amide bonds. The molecule has 0 radical (unpaired) electrons. The number of fused-ring (bicyclic) bond motifs is 2. The molecule has 19 heavy (non-hydrogen) atoms. The van der Waals surface area contributed by atoms with E-state index in [-0.39, 0.29) is 5.30 Å². The minimum Gasteiger partial charge on any atom is -0.321 e. The lowest BCUT2D eigenvalue weighted by molar-refractivity contribution is 0.387. The molecule has 0 bridgehead atoms. The first-order chi connectivity index (χ1) is 8.97. The number of aryl methyl sites for hydroxylation is 1. The van der Waals surface area contributed by atoms with Crippen molar-refractivity contribution in [1.29, 1.82) is 0 Å². The highest BCUT2D eigenvalue weighted by Crippen LogP contribution is 2.37. The lowest BCUT2D eigenvalue weighted by Gasteiger charge is -2.11. The van der Waals surface area contributed by atoms with Gasteiger partial charge in [-0.05, 0) is 52.2 Å². The van der Waals surface area contributed by atoms with Gasteiger partial charge in [0, 0.05) is 0 Å². The van der Waals surface area contributed by atoms with Crippen LogP contribution in [0.1, 0.15) is 5.56 Å². The summed E-state index contributed by atoms with van der Waals surface area (Å²) in [7, 11) is -4.22. The average Bonchev–Trinajstić information content (AvgIpc) is 2.36. The van der Waals surface area contributed by atoms with Gasteiger partial charge in [0.25, 0.3) is 0 Å². The summed E-state index contributed by atoms with van der Waals surface area (Å²) in [4.78, 5) is 18.7. The van der Waals surface area contributed by atoms with Gasteiger partial charge in [-0.15, -0.1) is 0 Å². The Morgan fingerprint density at radius 1 is 0.895 bits per heavy atom. The van der Waals surface area contributed by atoms with Gasteiger partial charge >= 0.3 is 7.60 Å². The van der Waals surface area contributed by atoms with Crippen molar-refractivity contribution in [1.82, 2.24) is 0 Å². The Balaban J connectivity index is 2.43. The molecule has 4 heteroatoms. The van der Waals surface area contributed by atoms with Gasteiger partial charge < -0.3 is 9.79 Å². The summed E-state index contributed by atoms with van der Waals surface area (Å²) in [6.07, 6.45) is 0. The van der Waals surface area contributed by atoms with E-state index in [4.69, 9.17) is 0 Å². The summed E-state index contributed by atoms with van der Waals surface area (Å²) in [6, 6.07) is 15.3. The van der Waals surface area contributed by atoms with Gasteiger partial charge in [0.15, 0.2) is 0 Å². The Hall–Kier alpha value is -1.67. The van der Waals surface area contributed by atoms with Crippen LogP contribution in [0.3, 0.4) is 0 Å². The highest BCUT2D eigenvalue weighted by molar-refractivity contribution is 7.60. The van der Waals surface area contributed by atoms with E-state index in [1.807, 2.05) is 36.4 Å². The molecule has 0 unspecified atom stereocenters. The van der Waals surface area contributed by atoms with Crippen molar-refractivity contribution in [2.45, 2.75) is 6.92 Å². The van der Waals surface area contributed by atoms with E-state index < -0.39 is 7.60 Å². The summed E-state index contributed by atoms with van der Waals surface area (Å²) in [5.74, 6) is 0.